The van der Waals surface area contributed by atoms with Crippen LogP contribution in [0, 0.1) is 11.3 Å². The van der Waals surface area contributed by atoms with Crippen LogP contribution in [0.5, 0.6) is 0 Å². The quantitative estimate of drug-likeness (QED) is 0.624. The molecule has 1 heterocycles. The largest absolute Gasteiger partial charge is 0.304 e. The predicted octanol–water partition coefficient (Wildman–Crippen LogP) is 1.58. The van der Waals surface area contributed by atoms with Gasteiger partial charge in [-0.05, 0) is 11.3 Å². The van der Waals surface area contributed by atoms with Crippen LogP contribution in [0.4, 0.5) is 0 Å². The maximum atomic E-state index is 3.55. The number of nitrogens with one attached hydrogen (secondary N) is 2. The average molecular weight is 170 g/mol. The predicted molar refractivity (Wildman–Crippen MR) is 53.0 cm³/mol. The van der Waals surface area contributed by atoms with E-state index in [1.807, 2.05) is 0 Å². The van der Waals surface area contributed by atoms with Crippen LogP contribution in [0.25, 0.3) is 0 Å². The minimum Gasteiger partial charge on any atom is -0.304 e. The van der Waals surface area contributed by atoms with Crippen molar-refractivity contribution in [3.8, 4) is 0 Å². The van der Waals surface area contributed by atoms with Gasteiger partial charge in [0.25, 0.3) is 0 Å². The summed E-state index contributed by atoms with van der Waals surface area (Å²) in [5.41, 5.74) is 0.392. The van der Waals surface area contributed by atoms with Gasteiger partial charge < -0.3 is 10.6 Å². The second-order valence-electron chi connectivity index (χ2n) is 4.85. The molecule has 12 heavy (non-hydrogen) atoms. The standard InChI is InChI=1S/C10H22N2/c1-5-8-6-11-7-12-9(8)10(2,3)4/h8-9,11-12H,5-7H2,1-4H3. The topological polar surface area (TPSA) is 24.1 Å². The third-order valence-electron chi connectivity index (χ3n) is 2.78. The highest BCUT2D eigenvalue weighted by Gasteiger charge is 2.32. The van der Waals surface area contributed by atoms with E-state index in [-0.39, 0.29) is 0 Å². The van der Waals surface area contributed by atoms with E-state index in [4.69, 9.17) is 0 Å². The molecule has 72 valence electrons. The van der Waals surface area contributed by atoms with Crippen molar-refractivity contribution >= 4 is 0 Å². The Morgan fingerprint density at radius 2 is 2.00 bits per heavy atom. The third-order valence-corrected chi connectivity index (χ3v) is 2.78. The first-order valence-electron chi connectivity index (χ1n) is 4.99. The van der Waals surface area contributed by atoms with E-state index < -0.39 is 0 Å². The monoisotopic (exact) mass is 170 g/mol. The first-order chi connectivity index (χ1) is 5.55. The fourth-order valence-corrected chi connectivity index (χ4v) is 2.12. The van der Waals surface area contributed by atoms with E-state index in [1.54, 1.807) is 0 Å². The maximum Gasteiger partial charge on any atom is 0.0456 e. The molecule has 0 aromatic carbocycles. The Labute approximate surface area is 76.1 Å². The molecule has 0 aromatic rings. The second-order valence-corrected chi connectivity index (χ2v) is 4.85. The lowest BCUT2D eigenvalue weighted by atomic mass is 9.77. The van der Waals surface area contributed by atoms with Crippen LogP contribution >= 0.6 is 0 Å². The Hall–Kier alpha value is -0.0800. The summed E-state index contributed by atoms with van der Waals surface area (Å²) in [5.74, 6) is 0.791. The van der Waals surface area contributed by atoms with Crippen molar-refractivity contribution in [3.05, 3.63) is 0 Å². The Kier molecular flexibility index (Phi) is 3.13. The molecular weight excluding hydrogens is 148 g/mol. The lowest BCUT2D eigenvalue weighted by molar-refractivity contribution is 0.153. The van der Waals surface area contributed by atoms with Crippen LogP contribution in [0.1, 0.15) is 34.1 Å². The van der Waals surface area contributed by atoms with Gasteiger partial charge in [-0.1, -0.05) is 34.1 Å². The van der Waals surface area contributed by atoms with Gasteiger partial charge >= 0.3 is 0 Å². The second kappa shape index (κ2) is 3.75. The molecule has 2 heteroatoms. The van der Waals surface area contributed by atoms with Gasteiger partial charge in [-0.3, -0.25) is 0 Å². The van der Waals surface area contributed by atoms with E-state index in [1.165, 1.54) is 13.0 Å². The molecule has 0 aliphatic carbocycles. The third kappa shape index (κ3) is 2.20. The van der Waals surface area contributed by atoms with Crippen molar-refractivity contribution in [1.29, 1.82) is 0 Å². The summed E-state index contributed by atoms with van der Waals surface area (Å²) in [6.07, 6.45) is 1.27. The summed E-state index contributed by atoms with van der Waals surface area (Å²) in [5, 5.41) is 6.93. The normalized spacial score (nSPS) is 32.0. The minimum atomic E-state index is 0.392. The Bertz CT molecular complexity index is 137. The molecule has 0 aromatic heterocycles. The molecule has 0 spiro atoms. The molecule has 2 atom stereocenters. The van der Waals surface area contributed by atoms with E-state index in [9.17, 15) is 0 Å². The van der Waals surface area contributed by atoms with Crippen LogP contribution in [-0.4, -0.2) is 19.3 Å². The highest BCUT2D eigenvalue weighted by molar-refractivity contribution is 4.89. The van der Waals surface area contributed by atoms with E-state index in [2.05, 4.69) is 38.3 Å². The van der Waals surface area contributed by atoms with E-state index in [0.29, 0.717) is 11.5 Å². The fourth-order valence-electron chi connectivity index (χ4n) is 2.12. The van der Waals surface area contributed by atoms with E-state index in [0.717, 1.165) is 12.6 Å². The number of hydrogen-bond donors (Lipinski definition) is 2. The summed E-state index contributed by atoms with van der Waals surface area (Å²) in [6.45, 7) is 11.4. The molecule has 0 amide bonds. The van der Waals surface area contributed by atoms with Crippen molar-refractivity contribution in [2.24, 2.45) is 11.3 Å². The molecule has 0 saturated carbocycles. The molecule has 1 rings (SSSR count). The number of hydrogen-bond acceptors (Lipinski definition) is 2. The highest BCUT2D eigenvalue weighted by atomic mass is 15.1. The number of rotatable bonds is 1. The molecule has 0 bridgehead atoms. The SMILES string of the molecule is CCC1CNCNC1C(C)(C)C. The molecule has 1 aliphatic rings. The van der Waals surface area contributed by atoms with Crippen molar-refractivity contribution in [3.63, 3.8) is 0 Å². The molecule has 1 aliphatic heterocycles. The van der Waals surface area contributed by atoms with Crippen LogP contribution in [0.2, 0.25) is 0 Å². The molecule has 2 nitrogen and oxygen atoms in total. The van der Waals surface area contributed by atoms with Gasteiger partial charge in [0.1, 0.15) is 0 Å². The molecule has 0 radical (unpaired) electrons. The van der Waals surface area contributed by atoms with Crippen molar-refractivity contribution in [2.75, 3.05) is 13.2 Å². The van der Waals surface area contributed by atoms with Gasteiger partial charge in [-0.15, -0.1) is 0 Å². The summed E-state index contributed by atoms with van der Waals surface area (Å²) < 4.78 is 0. The smallest absolute Gasteiger partial charge is 0.0456 e. The maximum absolute atomic E-state index is 3.55. The fraction of sp³-hybridized carbons (Fsp3) is 1.00. The Morgan fingerprint density at radius 1 is 1.33 bits per heavy atom. The summed E-state index contributed by atoms with van der Waals surface area (Å²) in [4.78, 5) is 0. The van der Waals surface area contributed by atoms with Crippen LogP contribution in [-0.2, 0) is 0 Å². The van der Waals surface area contributed by atoms with Crippen LogP contribution in [0.3, 0.4) is 0 Å². The zero-order valence-corrected chi connectivity index (χ0v) is 8.78. The summed E-state index contributed by atoms with van der Waals surface area (Å²) in [7, 11) is 0. The summed E-state index contributed by atoms with van der Waals surface area (Å²) in [6, 6.07) is 0.670. The highest BCUT2D eigenvalue weighted by Crippen LogP contribution is 2.27. The Morgan fingerprint density at radius 3 is 2.42 bits per heavy atom. The lowest BCUT2D eigenvalue weighted by Crippen LogP contribution is -2.56. The van der Waals surface area contributed by atoms with Crippen molar-refractivity contribution in [1.82, 2.24) is 10.6 Å². The van der Waals surface area contributed by atoms with Crippen molar-refractivity contribution < 1.29 is 0 Å². The van der Waals surface area contributed by atoms with Crippen molar-refractivity contribution in [2.45, 2.75) is 40.2 Å². The van der Waals surface area contributed by atoms with E-state index >= 15 is 0 Å². The minimum absolute atomic E-state index is 0.392. The van der Waals surface area contributed by atoms with Gasteiger partial charge in [0.05, 0.1) is 0 Å². The molecule has 1 saturated heterocycles. The first kappa shape index (κ1) is 10.0. The zero-order chi connectivity index (χ0) is 9.19. The molecule has 1 fully saturated rings. The zero-order valence-electron chi connectivity index (χ0n) is 8.78. The van der Waals surface area contributed by atoms with Gasteiger partial charge in [0.15, 0.2) is 0 Å². The van der Waals surface area contributed by atoms with Gasteiger partial charge in [-0.25, -0.2) is 0 Å². The van der Waals surface area contributed by atoms with Gasteiger partial charge in [0, 0.05) is 19.3 Å². The first-order valence-corrected chi connectivity index (χ1v) is 4.99. The lowest BCUT2D eigenvalue weighted by Gasteiger charge is -2.41. The average Bonchev–Trinajstić information content (AvgIpc) is 2.03. The summed E-state index contributed by atoms with van der Waals surface area (Å²) >= 11 is 0. The Balaban J connectivity index is 2.59. The van der Waals surface area contributed by atoms with Gasteiger partial charge in [-0.2, -0.15) is 0 Å². The molecule has 2 unspecified atom stereocenters. The van der Waals surface area contributed by atoms with Crippen LogP contribution < -0.4 is 10.6 Å². The van der Waals surface area contributed by atoms with Crippen LogP contribution in [0.15, 0.2) is 0 Å². The molecular formula is C10H22N2. The molecule has 2 N–H and O–H groups in total. The van der Waals surface area contributed by atoms with Gasteiger partial charge in [0.2, 0.25) is 0 Å².